The van der Waals surface area contributed by atoms with Gasteiger partial charge in [-0.15, -0.1) is 0 Å². The van der Waals surface area contributed by atoms with Crippen molar-refractivity contribution in [2.75, 3.05) is 11.4 Å². The van der Waals surface area contributed by atoms with E-state index in [2.05, 4.69) is 0 Å². The third kappa shape index (κ3) is 3.66. The number of fused-ring (bicyclic) bond motifs is 1. The first-order valence-electron chi connectivity index (χ1n) is 10.0. The standard InChI is InChI=1S/C23H22F3N3O2/c1-13-5-7-19-16(10-13)21(30)17(22(27)31)12-29(19)20-8-6-15(11-18(20)23(24,25)26)28-9-3-4-14(28)2/h5-8,10-12,14H,3-4,9H2,1-2H3,(H2,27,31). The highest BCUT2D eigenvalue weighted by Gasteiger charge is 2.36. The van der Waals surface area contributed by atoms with Gasteiger partial charge in [0.25, 0.3) is 5.91 Å². The van der Waals surface area contributed by atoms with Crippen LogP contribution in [-0.2, 0) is 6.18 Å². The fourth-order valence-corrected chi connectivity index (χ4v) is 4.28. The lowest BCUT2D eigenvalue weighted by molar-refractivity contribution is -0.137. The molecular weight excluding hydrogens is 407 g/mol. The second kappa shape index (κ2) is 7.44. The van der Waals surface area contributed by atoms with Crippen molar-refractivity contribution in [2.45, 2.75) is 38.9 Å². The average molecular weight is 429 g/mol. The Morgan fingerprint density at radius 3 is 2.52 bits per heavy atom. The SMILES string of the molecule is Cc1ccc2c(c1)c(=O)c(C(N)=O)cn2-c1ccc(N2CCCC2C)cc1C(F)(F)F. The largest absolute Gasteiger partial charge is 0.418 e. The monoisotopic (exact) mass is 429 g/mol. The fraction of sp³-hybridized carbons (Fsp3) is 0.304. The van der Waals surface area contributed by atoms with Crippen molar-refractivity contribution in [1.82, 2.24) is 4.57 Å². The summed E-state index contributed by atoms with van der Waals surface area (Å²) in [5.74, 6) is -0.988. The van der Waals surface area contributed by atoms with Gasteiger partial charge < -0.3 is 15.2 Å². The first kappa shape index (κ1) is 21.0. The summed E-state index contributed by atoms with van der Waals surface area (Å²) in [5, 5.41) is 0.140. The maximum Gasteiger partial charge on any atom is 0.418 e. The number of carbonyl (C=O) groups is 1. The van der Waals surface area contributed by atoms with Gasteiger partial charge in [0.2, 0.25) is 5.43 Å². The molecular formula is C23H22F3N3O2. The van der Waals surface area contributed by atoms with Crippen molar-refractivity contribution in [2.24, 2.45) is 5.73 Å². The summed E-state index contributed by atoms with van der Waals surface area (Å²) >= 11 is 0. The second-order valence-corrected chi connectivity index (χ2v) is 8.01. The van der Waals surface area contributed by atoms with Crippen molar-refractivity contribution in [3.63, 3.8) is 0 Å². The van der Waals surface area contributed by atoms with Crippen LogP contribution in [0.1, 0.15) is 41.3 Å². The maximum atomic E-state index is 14.1. The van der Waals surface area contributed by atoms with Gasteiger partial charge in [0, 0.05) is 29.9 Å². The van der Waals surface area contributed by atoms with Crippen LogP contribution < -0.4 is 16.1 Å². The van der Waals surface area contributed by atoms with Gasteiger partial charge in [0.15, 0.2) is 0 Å². The van der Waals surface area contributed by atoms with E-state index < -0.39 is 23.1 Å². The molecule has 3 aromatic rings. The minimum Gasteiger partial charge on any atom is -0.369 e. The Balaban J connectivity index is 2.02. The number of nitrogens with two attached hydrogens (primary N) is 1. The number of rotatable bonds is 3. The van der Waals surface area contributed by atoms with E-state index in [0.717, 1.165) is 30.7 Å². The lowest BCUT2D eigenvalue weighted by atomic mass is 10.1. The van der Waals surface area contributed by atoms with E-state index >= 15 is 0 Å². The van der Waals surface area contributed by atoms with Crippen LogP contribution in [0.4, 0.5) is 18.9 Å². The van der Waals surface area contributed by atoms with Gasteiger partial charge in [-0.1, -0.05) is 11.6 Å². The highest BCUT2D eigenvalue weighted by atomic mass is 19.4. The summed E-state index contributed by atoms with van der Waals surface area (Å²) in [5.41, 5.74) is 4.90. The van der Waals surface area contributed by atoms with E-state index in [9.17, 15) is 22.8 Å². The number of aromatic nitrogens is 1. The van der Waals surface area contributed by atoms with Crippen molar-refractivity contribution < 1.29 is 18.0 Å². The number of benzene rings is 2. The molecule has 0 saturated carbocycles. The normalized spacial score (nSPS) is 16.8. The number of alkyl halides is 3. The van der Waals surface area contributed by atoms with Gasteiger partial charge in [-0.2, -0.15) is 13.2 Å². The molecule has 1 aromatic heterocycles. The number of primary amides is 1. The van der Waals surface area contributed by atoms with Crippen molar-refractivity contribution >= 4 is 22.5 Å². The van der Waals surface area contributed by atoms with Gasteiger partial charge in [0.05, 0.1) is 16.8 Å². The molecule has 1 aliphatic rings. The minimum absolute atomic E-state index is 0.140. The molecule has 0 bridgehead atoms. The van der Waals surface area contributed by atoms with E-state index in [4.69, 9.17) is 5.73 Å². The van der Waals surface area contributed by atoms with Crippen LogP contribution in [0.15, 0.2) is 47.4 Å². The Bertz CT molecular complexity index is 1250. The van der Waals surface area contributed by atoms with Gasteiger partial charge in [-0.05, 0) is 57.0 Å². The molecule has 1 fully saturated rings. The summed E-state index contributed by atoms with van der Waals surface area (Å²) in [6.07, 6.45) is -1.68. The fourth-order valence-electron chi connectivity index (χ4n) is 4.28. The zero-order chi connectivity index (χ0) is 22.5. The average Bonchev–Trinajstić information content (AvgIpc) is 3.13. The Hall–Kier alpha value is -3.29. The molecule has 2 N–H and O–H groups in total. The molecule has 5 nitrogen and oxygen atoms in total. The topological polar surface area (TPSA) is 68.3 Å². The van der Waals surface area contributed by atoms with Crippen molar-refractivity contribution in [3.05, 3.63) is 69.5 Å². The number of hydrogen-bond acceptors (Lipinski definition) is 3. The van der Waals surface area contributed by atoms with Crippen LogP contribution >= 0.6 is 0 Å². The Labute approximate surface area is 176 Å². The number of hydrogen-bond donors (Lipinski definition) is 1. The Morgan fingerprint density at radius 2 is 1.90 bits per heavy atom. The van der Waals surface area contributed by atoms with Crippen LogP contribution in [0.5, 0.6) is 0 Å². The molecule has 2 aromatic carbocycles. The summed E-state index contributed by atoms with van der Waals surface area (Å²) in [6, 6.07) is 9.16. The molecule has 1 unspecified atom stereocenters. The van der Waals surface area contributed by atoms with Crippen LogP contribution in [0, 0.1) is 6.92 Å². The molecule has 1 amide bonds. The zero-order valence-corrected chi connectivity index (χ0v) is 17.2. The number of amides is 1. The number of carbonyl (C=O) groups excluding carboxylic acids is 1. The highest BCUT2D eigenvalue weighted by Crippen LogP contribution is 2.38. The van der Waals surface area contributed by atoms with Crippen LogP contribution in [0.3, 0.4) is 0 Å². The quantitative estimate of drug-likeness (QED) is 0.671. The lowest BCUT2D eigenvalue weighted by Crippen LogP contribution is -2.27. The Kier molecular flexibility index (Phi) is 5.03. The smallest absolute Gasteiger partial charge is 0.369 e. The summed E-state index contributed by atoms with van der Waals surface area (Å²) < 4.78 is 43.6. The highest BCUT2D eigenvalue weighted by molar-refractivity contribution is 5.96. The lowest BCUT2D eigenvalue weighted by Gasteiger charge is -2.26. The third-order valence-corrected chi connectivity index (χ3v) is 5.85. The third-order valence-electron chi connectivity index (χ3n) is 5.85. The second-order valence-electron chi connectivity index (χ2n) is 8.01. The minimum atomic E-state index is -4.64. The number of anilines is 1. The molecule has 0 aliphatic carbocycles. The van der Waals surface area contributed by atoms with Gasteiger partial charge >= 0.3 is 6.18 Å². The van der Waals surface area contributed by atoms with E-state index in [1.165, 1.54) is 10.6 Å². The summed E-state index contributed by atoms with van der Waals surface area (Å²) in [6.45, 7) is 4.45. The van der Waals surface area contributed by atoms with E-state index in [1.807, 2.05) is 11.8 Å². The first-order valence-corrected chi connectivity index (χ1v) is 10.0. The summed E-state index contributed by atoms with van der Waals surface area (Å²) in [4.78, 5) is 26.5. The van der Waals surface area contributed by atoms with E-state index in [0.29, 0.717) is 12.2 Å². The number of nitrogens with zero attached hydrogens (tertiary/aromatic N) is 2. The molecule has 2 heterocycles. The molecule has 1 saturated heterocycles. The molecule has 31 heavy (non-hydrogen) atoms. The van der Waals surface area contributed by atoms with Gasteiger partial charge in [-0.25, -0.2) is 0 Å². The first-order chi connectivity index (χ1) is 14.6. The molecule has 1 atom stereocenters. The molecule has 162 valence electrons. The van der Waals surface area contributed by atoms with Gasteiger partial charge in [0.1, 0.15) is 5.56 Å². The summed E-state index contributed by atoms with van der Waals surface area (Å²) in [7, 11) is 0. The Morgan fingerprint density at radius 1 is 1.16 bits per heavy atom. The number of halogens is 3. The van der Waals surface area contributed by atoms with Crippen LogP contribution in [0.25, 0.3) is 16.6 Å². The zero-order valence-electron chi connectivity index (χ0n) is 17.2. The van der Waals surface area contributed by atoms with E-state index in [-0.39, 0.29) is 28.2 Å². The predicted molar refractivity (Wildman–Crippen MR) is 114 cm³/mol. The molecule has 0 radical (unpaired) electrons. The molecule has 8 heteroatoms. The van der Waals surface area contributed by atoms with Crippen LogP contribution in [-0.4, -0.2) is 23.1 Å². The van der Waals surface area contributed by atoms with Gasteiger partial charge in [-0.3, -0.25) is 9.59 Å². The number of pyridine rings is 1. The van der Waals surface area contributed by atoms with E-state index in [1.54, 1.807) is 31.2 Å². The maximum absolute atomic E-state index is 14.1. The number of aryl methyl sites for hydroxylation is 1. The van der Waals surface area contributed by atoms with Crippen molar-refractivity contribution in [1.29, 1.82) is 0 Å². The molecule has 0 spiro atoms. The molecule has 1 aliphatic heterocycles. The van der Waals surface area contributed by atoms with Crippen LogP contribution in [0.2, 0.25) is 0 Å². The predicted octanol–water partition coefficient (Wildman–Crippen LogP) is 4.41. The molecule has 4 rings (SSSR count). The van der Waals surface area contributed by atoms with Crippen molar-refractivity contribution in [3.8, 4) is 5.69 Å².